The summed E-state index contributed by atoms with van der Waals surface area (Å²) in [6, 6.07) is 29.1. The molecule has 37 heavy (non-hydrogen) atoms. The van der Waals surface area contributed by atoms with Crippen LogP contribution < -0.4 is 5.46 Å². The van der Waals surface area contributed by atoms with Gasteiger partial charge in [-0.15, -0.1) is 11.3 Å². The molecule has 2 heterocycles. The van der Waals surface area contributed by atoms with Crippen LogP contribution in [0.3, 0.4) is 0 Å². The van der Waals surface area contributed by atoms with Gasteiger partial charge in [-0.1, -0.05) is 86.6 Å². The van der Waals surface area contributed by atoms with Crippen LogP contribution in [-0.4, -0.2) is 18.3 Å². The van der Waals surface area contributed by atoms with E-state index in [2.05, 4.69) is 120 Å². The van der Waals surface area contributed by atoms with E-state index in [4.69, 9.17) is 9.31 Å². The van der Waals surface area contributed by atoms with Crippen molar-refractivity contribution >= 4 is 44.1 Å². The summed E-state index contributed by atoms with van der Waals surface area (Å²) in [4.78, 5) is 0. The Hall–Kier alpha value is -2.92. The van der Waals surface area contributed by atoms with Crippen LogP contribution in [0.5, 0.6) is 0 Å². The molecule has 7 rings (SSSR count). The minimum Gasteiger partial charge on any atom is -0.399 e. The second-order valence-corrected chi connectivity index (χ2v) is 13.0. The van der Waals surface area contributed by atoms with Crippen molar-refractivity contribution in [1.82, 2.24) is 0 Å². The van der Waals surface area contributed by atoms with Gasteiger partial charge in [0.1, 0.15) is 0 Å². The maximum Gasteiger partial charge on any atom is 0.496 e. The summed E-state index contributed by atoms with van der Waals surface area (Å²) in [7, 11) is -0.371. The van der Waals surface area contributed by atoms with Crippen molar-refractivity contribution in [3.63, 3.8) is 0 Å². The molecule has 1 fully saturated rings. The Morgan fingerprint density at radius 3 is 1.97 bits per heavy atom. The van der Waals surface area contributed by atoms with Gasteiger partial charge >= 0.3 is 7.12 Å². The standard InChI is InChI=1S/C33H31BO2S/c1-31(2)26-15-8-7-11-22(26)23-18-17-20(19-27(23)31)21-12-9-13-24-25-14-10-16-28(30(25)37-29(21)24)34-35-32(3,4)33(5,6)36-34/h7-19H,1-6H3. The molecular weight excluding hydrogens is 471 g/mol. The topological polar surface area (TPSA) is 18.5 Å². The summed E-state index contributed by atoms with van der Waals surface area (Å²) in [5.74, 6) is 0. The molecule has 5 aromatic rings. The lowest BCUT2D eigenvalue weighted by Crippen LogP contribution is -2.41. The van der Waals surface area contributed by atoms with Gasteiger partial charge in [0, 0.05) is 25.7 Å². The molecule has 0 radical (unpaired) electrons. The molecule has 0 atom stereocenters. The summed E-state index contributed by atoms with van der Waals surface area (Å²) in [5.41, 5.74) is 8.47. The Morgan fingerprint density at radius 2 is 1.22 bits per heavy atom. The smallest absolute Gasteiger partial charge is 0.399 e. The first-order chi connectivity index (χ1) is 17.6. The van der Waals surface area contributed by atoms with Gasteiger partial charge in [0.25, 0.3) is 0 Å². The van der Waals surface area contributed by atoms with E-state index >= 15 is 0 Å². The molecule has 4 heteroatoms. The van der Waals surface area contributed by atoms with E-state index in [1.54, 1.807) is 0 Å². The lowest BCUT2D eigenvalue weighted by molar-refractivity contribution is 0.00578. The number of rotatable bonds is 2. The molecule has 184 valence electrons. The lowest BCUT2D eigenvalue weighted by Gasteiger charge is -2.32. The highest BCUT2D eigenvalue weighted by Gasteiger charge is 2.52. The SMILES string of the molecule is CC1(C)c2ccccc2-c2ccc(-c3cccc4c3sc3c(B5OC(C)(C)C(C)(C)O5)cccc34)cc21. The third-order valence-electron chi connectivity index (χ3n) is 8.96. The summed E-state index contributed by atoms with van der Waals surface area (Å²) in [6.45, 7) is 13.2. The van der Waals surface area contributed by atoms with Gasteiger partial charge < -0.3 is 9.31 Å². The fourth-order valence-electron chi connectivity index (χ4n) is 6.10. The van der Waals surface area contributed by atoms with Crippen LogP contribution >= 0.6 is 11.3 Å². The molecule has 4 aromatic carbocycles. The monoisotopic (exact) mass is 502 g/mol. The predicted octanol–water partition coefficient (Wildman–Crippen LogP) is 8.33. The van der Waals surface area contributed by atoms with Gasteiger partial charge in [0.2, 0.25) is 0 Å². The normalized spacial score (nSPS) is 18.9. The molecule has 1 aliphatic heterocycles. The van der Waals surface area contributed by atoms with Crippen LogP contribution in [0.25, 0.3) is 42.4 Å². The van der Waals surface area contributed by atoms with Gasteiger partial charge in [-0.3, -0.25) is 0 Å². The molecular formula is C33H31BO2S. The van der Waals surface area contributed by atoms with E-state index in [9.17, 15) is 0 Å². The van der Waals surface area contributed by atoms with E-state index in [0.717, 1.165) is 5.46 Å². The highest BCUT2D eigenvalue weighted by molar-refractivity contribution is 7.27. The zero-order valence-electron chi connectivity index (χ0n) is 22.3. The Kier molecular flexibility index (Phi) is 4.75. The number of thiophene rings is 1. The summed E-state index contributed by atoms with van der Waals surface area (Å²) in [6.07, 6.45) is 0. The van der Waals surface area contributed by atoms with Crippen LogP contribution in [0, 0.1) is 0 Å². The fourth-order valence-corrected chi connectivity index (χ4v) is 7.45. The Balaban J connectivity index is 1.39. The number of hydrogen-bond donors (Lipinski definition) is 0. The van der Waals surface area contributed by atoms with Crippen LogP contribution in [0.4, 0.5) is 0 Å². The summed E-state index contributed by atoms with van der Waals surface area (Å²) < 4.78 is 15.5. The van der Waals surface area contributed by atoms with Gasteiger partial charge in [0.15, 0.2) is 0 Å². The molecule has 0 amide bonds. The maximum absolute atomic E-state index is 6.46. The molecule has 0 N–H and O–H groups in total. The number of benzene rings is 4. The van der Waals surface area contributed by atoms with Crippen molar-refractivity contribution in [2.75, 3.05) is 0 Å². The van der Waals surface area contributed by atoms with Crippen LogP contribution in [-0.2, 0) is 14.7 Å². The minimum absolute atomic E-state index is 0.0140. The van der Waals surface area contributed by atoms with Gasteiger partial charge in [-0.05, 0) is 72.5 Å². The molecule has 1 saturated heterocycles. The predicted molar refractivity (Wildman–Crippen MR) is 158 cm³/mol. The first-order valence-corrected chi connectivity index (χ1v) is 13.9. The van der Waals surface area contributed by atoms with Crippen molar-refractivity contribution in [3.8, 4) is 22.3 Å². The molecule has 1 aliphatic carbocycles. The van der Waals surface area contributed by atoms with E-state index in [1.807, 2.05) is 11.3 Å². The first kappa shape index (κ1) is 23.2. The Bertz CT molecular complexity index is 1710. The minimum atomic E-state index is -0.371. The quantitative estimate of drug-likeness (QED) is 0.226. The largest absolute Gasteiger partial charge is 0.496 e. The van der Waals surface area contributed by atoms with E-state index in [0.29, 0.717) is 0 Å². The van der Waals surface area contributed by atoms with Crippen molar-refractivity contribution in [2.24, 2.45) is 0 Å². The molecule has 1 aromatic heterocycles. The maximum atomic E-state index is 6.46. The zero-order valence-corrected chi connectivity index (χ0v) is 23.1. The summed E-state index contributed by atoms with van der Waals surface area (Å²) >= 11 is 1.86. The third-order valence-corrected chi connectivity index (χ3v) is 10.3. The molecule has 0 saturated carbocycles. The second-order valence-electron chi connectivity index (χ2n) is 12.0. The van der Waals surface area contributed by atoms with Crippen molar-refractivity contribution < 1.29 is 9.31 Å². The van der Waals surface area contributed by atoms with Gasteiger partial charge in [0.05, 0.1) is 11.2 Å². The van der Waals surface area contributed by atoms with Crippen LogP contribution in [0.15, 0.2) is 78.9 Å². The van der Waals surface area contributed by atoms with Crippen molar-refractivity contribution in [3.05, 3.63) is 90.0 Å². The Morgan fingerprint density at radius 1 is 0.595 bits per heavy atom. The highest BCUT2D eigenvalue weighted by atomic mass is 32.1. The van der Waals surface area contributed by atoms with Gasteiger partial charge in [-0.25, -0.2) is 0 Å². The molecule has 0 spiro atoms. The Labute approximate surface area is 223 Å². The van der Waals surface area contributed by atoms with Crippen molar-refractivity contribution in [1.29, 1.82) is 0 Å². The zero-order chi connectivity index (χ0) is 25.7. The number of fused-ring (bicyclic) bond motifs is 6. The second kappa shape index (κ2) is 7.57. The van der Waals surface area contributed by atoms with Crippen LogP contribution in [0.1, 0.15) is 52.7 Å². The lowest BCUT2D eigenvalue weighted by atomic mass is 9.78. The average molecular weight is 502 g/mol. The average Bonchev–Trinajstić information content (AvgIpc) is 3.44. The first-order valence-electron chi connectivity index (χ1n) is 13.1. The van der Waals surface area contributed by atoms with Gasteiger partial charge in [-0.2, -0.15) is 0 Å². The molecule has 2 aliphatic rings. The molecule has 0 bridgehead atoms. The van der Waals surface area contributed by atoms with E-state index in [-0.39, 0.29) is 23.7 Å². The van der Waals surface area contributed by atoms with E-state index < -0.39 is 0 Å². The van der Waals surface area contributed by atoms with Crippen LogP contribution in [0.2, 0.25) is 0 Å². The highest BCUT2D eigenvalue weighted by Crippen LogP contribution is 2.50. The molecule has 2 nitrogen and oxygen atoms in total. The number of hydrogen-bond acceptors (Lipinski definition) is 3. The fraction of sp³-hybridized carbons (Fsp3) is 0.273. The van der Waals surface area contributed by atoms with Crippen molar-refractivity contribution in [2.45, 2.75) is 58.2 Å². The summed E-state index contributed by atoms with van der Waals surface area (Å²) in [5, 5.41) is 2.56. The van der Waals surface area contributed by atoms with E-state index in [1.165, 1.54) is 53.6 Å². The molecule has 0 unspecified atom stereocenters. The third kappa shape index (κ3) is 3.19.